The van der Waals surface area contributed by atoms with Crippen molar-refractivity contribution in [3.8, 4) is 5.75 Å². The molecule has 152 valence electrons. The Kier molecular flexibility index (Phi) is 5.59. The minimum atomic E-state index is -1.01. The van der Waals surface area contributed by atoms with Crippen LogP contribution in [0.1, 0.15) is 54.7 Å². The van der Waals surface area contributed by atoms with Crippen molar-refractivity contribution in [2.45, 2.75) is 38.6 Å². The number of anilines is 1. The summed E-state index contributed by atoms with van der Waals surface area (Å²) in [6.45, 7) is 6.22. The van der Waals surface area contributed by atoms with E-state index in [0.717, 1.165) is 5.56 Å². The number of hydrogen-bond donors (Lipinski definition) is 3. The topological polar surface area (TPSA) is 105 Å². The molecule has 7 heteroatoms. The second kappa shape index (κ2) is 7.95. The van der Waals surface area contributed by atoms with Crippen molar-refractivity contribution in [3.63, 3.8) is 0 Å². The number of carboxylic acid groups (broad SMARTS) is 1. The second-order valence-corrected chi connectivity index (χ2v) is 8.04. The molecule has 1 unspecified atom stereocenters. The molecule has 7 nitrogen and oxygen atoms in total. The van der Waals surface area contributed by atoms with E-state index < -0.39 is 17.9 Å². The number of ether oxygens (including phenoxy) is 1. The zero-order valence-corrected chi connectivity index (χ0v) is 16.6. The van der Waals surface area contributed by atoms with Gasteiger partial charge in [0, 0.05) is 5.56 Å². The van der Waals surface area contributed by atoms with E-state index in [9.17, 15) is 19.5 Å². The van der Waals surface area contributed by atoms with E-state index in [0.29, 0.717) is 22.6 Å². The van der Waals surface area contributed by atoms with Gasteiger partial charge >= 0.3 is 5.97 Å². The van der Waals surface area contributed by atoms with E-state index in [2.05, 4.69) is 31.4 Å². The molecule has 1 aliphatic rings. The Hall–Kier alpha value is -3.35. The van der Waals surface area contributed by atoms with Crippen molar-refractivity contribution in [1.82, 2.24) is 5.32 Å². The van der Waals surface area contributed by atoms with Crippen molar-refractivity contribution in [2.75, 3.05) is 11.9 Å². The van der Waals surface area contributed by atoms with Gasteiger partial charge in [-0.05, 0) is 34.7 Å². The molecule has 2 aromatic rings. The molecular formula is C22H24N2O5. The SMILES string of the molecule is CC(C)(C)c1ccc(C(CC(=O)O)NC(=O)c2ccc3c(c2)NC(=O)CO3)cc1. The molecule has 0 saturated carbocycles. The van der Waals surface area contributed by atoms with Gasteiger partial charge in [0.2, 0.25) is 0 Å². The number of benzene rings is 2. The Balaban J connectivity index is 1.81. The highest BCUT2D eigenvalue weighted by atomic mass is 16.5. The first-order chi connectivity index (χ1) is 13.6. The maximum absolute atomic E-state index is 12.7. The number of amides is 2. The predicted octanol–water partition coefficient (Wildman–Crippen LogP) is 3.26. The maximum atomic E-state index is 12.7. The Labute approximate surface area is 169 Å². The summed E-state index contributed by atoms with van der Waals surface area (Å²) in [5, 5.41) is 14.7. The highest BCUT2D eigenvalue weighted by molar-refractivity contribution is 6.00. The van der Waals surface area contributed by atoms with E-state index in [1.54, 1.807) is 12.1 Å². The highest BCUT2D eigenvalue weighted by Crippen LogP contribution is 2.29. The summed E-state index contributed by atoms with van der Waals surface area (Å²) in [5.41, 5.74) is 2.52. The van der Waals surface area contributed by atoms with Crippen LogP contribution in [0.25, 0.3) is 0 Å². The molecule has 3 rings (SSSR count). The van der Waals surface area contributed by atoms with Crippen molar-refractivity contribution < 1.29 is 24.2 Å². The number of nitrogens with one attached hydrogen (secondary N) is 2. The molecule has 0 radical (unpaired) electrons. The molecule has 1 atom stereocenters. The Morgan fingerprint density at radius 1 is 1.17 bits per heavy atom. The molecular weight excluding hydrogens is 372 g/mol. The standard InChI is InChI=1S/C22H24N2O5/c1-22(2,3)15-7-4-13(5-8-15)16(11-20(26)27)24-21(28)14-6-9-18-17(10-14)23-19(25)12-29-18/h4-10,16H,11-12H2,1-3H3,(H,23,25)(H,24,28)(H,26,27). The van der Waals surface area contributed by atoms with Gasteiger partial charge in [-0.3, -0.25) is 14.4 Å². The third-order valence-corrected chi connectivity index (χ3v) is 4.74. The normalized spacial score (nSPS) is 14.2. The number of carbonyl (C=O) groups excluding carboxylic acids is 2. The number of hydrogen-bond acceptors (Lipinski definition) is 4. The molecule has 1 aliphatic heterocycles. The molecule has 0 bridgehead atoms. The van der Waals surface area contributed by atoms with Gasteiger partial charge in [-0.25, -0.2) is 0 Å². The van der Waals surface area contributed by atoms with Crippen LogP contribution in [0, 0.1) is 0 Å². The third-order valence-electron chi connectivity index (χ3n) is 4.74. The molecule has 1 heterocycles. The molecule has 3 N–H and O–H groups in total. The lowest BCUT2D eigenvalue weighted by atomic mass is 9.86. The smallest absolute Gasteiger partial charge is 0.305 e. The van der Waals surface area contributed by atoms with E-state index in [4.69, 9.17) is 4.74 Å². The van der Waals surface area contributed by atoms with Crippen molar-refractivity contribution in [1.29, 1.82) is 0 Å². The summed E-state index contributed by atoms with van der Waals surface area (Å²) in [6, 6.07) is 11.6. The quantitative estimate of drug-likeness (QED) is 0.720. The number of rotatable bonds is 5. The third kappa shape index (κ3) is 4.93. The average Bonchev–Trinajstić information content (AvgIpc) is 2.66. The largest absolute Gasteiger partial charge is 0.482 e. The number of carbonyl (C=O) groups is 3. The minimum Gasteiger partial charge on any atom is -0.482 e. The van der Waals surface area contributed by atoms with Crippen molar-refractivity contribution in [2.24, 2.45) is 0 Å². The van der Waals surface area contributed by atoms with Gasteiger partial charge in [0.25, 0.3) is 11.8 Å². The van der Waals surface area contributed by atoms with Crippen LogP contribution >= 0.6 is 0 Å². The van der Waals surface area contributed by atoms with Crippen molar-refractivity contribution >= 4 is 23.5 Å². The molecule has 0 aliphatic carbocycles. The lowest BCUT2D eigenvalue weighted by Gasteiger charge is -2.22. The van der Waals surface area contributed by atoms with Crippen LogP contribution in [-0.2, 0) is 15.0 Å². The number of carboxylic acids is 1. The Morgan fingerprint density at radius 2 is 1.86 bits per heavy atom. The Morgan fingerprint density at radius 3 is 2.48 bits per heavy atom. The zero-order chi connectivity index (χ0) is 21.2. The summed E-state index contributed by atoms with van der Waals surface area (Å²) in [4.78, 5) is 35.6. The van der Waals surface area contributed by atoms with E-state index in [-0.39, 0.29) is 24.3 Å². The van der Waals surface area contributed by atoms with Gasteiger partial charge in [0.1, 0.15) is 5.75 Å². The van der Waals surface area contributed by atoms with Gasteiger partial charge in [-0.2, -0.15) is 0 Å². The molecule has 0 spiro atoms. The molecule has 29 heavy (non-hydrogen) atoms. The summed E-state index contributed by atoms with van der Waals surface area (Å²) in [5.74, 6) is -1.25. The lowest BCUT2D eigenvalue weighted by Crippen LogP contribution is -2.31. The summed E-state index contributed by atoms with van der Waals surface area (Å²) in [6.07, 6.45) is -0.245. The molecule has 0 saturated heterocycles. The van der Waals surface area contributed by atoms with Gasteiger partial charge in [0.05, 0.1) is 18.2 Å². The lowest BCUT2D eigenvalue weighted by molar-refractivity contribution is -0.137. The summed E-state index contributed by atoms with van der Waals surface area (Å²) in [7, 11) is 0. The summed E-state index contributed by atoms with van der Waals surface area (Å²) >= 11 is 0. The Bertz CT molecular complexity index is 945. The van der Waals surface area contributed by atoms with Crippen LogP contribution in [0.15, 0.2) is 42.5 Å². The van der Waals surface area contributed by atoms with Crippen LogP contribution in [0.3, 0.4) is 0 Å². The molecule has 2 amide bonds. The van der Waals surface area contributed by atoms with Crippen LogP contribution in [0.5, 0.6) is 5.75 Å². The first-order valence-electron chi connectivity index (χ1n) is 9.33. The van der Waals surface area contributed by atoms with Crippen LogP contribution in [-0.4, -0.2) is 29.5 Å². The minimum absolute atomic E-state index is 0.0281. The average molecular weight is 396 g/mol. The van der Waals surface area contributed by atoms with Crippen LogP contribution in [0.4, 0.5) is 5.69 Å². The number of fused-ring (bicyclic) bond motifs is 1. The van der Waals surface area contributed by atoms with Crippen LogP contribution < -0.4 is 15.4 Å². The fraction of sp³-hybridized carbons (Fsp3) is 0.318. The second-order valence-electron chi connectivity index (χ2n) is 8.04. The van der Waals surface area contributed by atoms with Crippen molar-refractivity contribution in [3.05, 3.63) is 59.2 Å². The van der Waals surface area contributed by atoms with Gasteiger partial charge in [-0.1, -0.05) is 45.0 Å². The van der Waals surface area contributed by atoms with Gasteiger partial charge in [-0.15, -0.1) is 0 Å². The maximum Gasteiger partial charge on any atom is 0.305 e. The first kappa shape index (κ1) is 20.4. The van der Waals surface area contributed by atoms with Gasteiger partial charge < -0.3 is 20.5 Å². The summed E-state index contributed by atoms with van der Waals surface area (Å²) < 4.78 is 5.29. The van der Waals surface area contributed by atoms with E-state index >= 15 is 0 Å². The van der Waals surface area contributed by atoms with E-state index in [1.165, 1.54) is 6.07 Å². The van der Waals surface area contributed by atoms with Crippen LogP contribution in [0.2, 0.25) is 0 Å². The van der Waals surface area contributed by atoms with Gasteiger partial charge in [0.15, 0.2) is 6.61 Å². The molecule has 2 aromatic carbocycles. The fourth-order valence-corrected chi connectivity index (χ4v) is 3.11. The highest BCUT2D eigenvalue weighted by Gasteiger charge is 2.22. The number of aliphatic carboxylic acids is 1. The predicted molar refractivity (Wildman–Crippen MR) is 108 cm³/mol. The first-order valence-corrected chi connectivity index (χ1v) is 9.33. The molecule has 0 fully saturated rings. The van der Waals surface area contributed by atoms with E-state index in [1.807, 2.05) is 24.3 Å². The zero-order valence-electron chi connectivity index (χ0n) is 16.6. The fourth-order valence-electron chi connectivity index (χ4n) is 3.11. The molecule has 0 aromatic heterocycles. The monoisotopic (exact) mass is 396 g/mol.